The Morgan fingerprint density at radius 2 is 1.91 bits per heavy atom. The van der Waals surface area contributed by atoms with Gasteiger partial charge in [-0.25, -0.2) is 0 Å². The van der Waals surface area contributed by atoms with Gasteiger partial charge in [0.25, 0.3) is 5.91 Å². The van der Waals surface area contributed by atoms with E-state index >= 15 is 0 Å². The molecule has 2 rings (SSSR count). The van der Waals surface area contributed by atoms with E-state index in [0.717, 1.165) is 5.69 Å². The molecule has 1 heterocycles. The van der Waals surface area contributed by atoms with Crippen LogP contribution in [0.5, 0.6) is 5.75 Å². The van der Waals surface area contributed by atoms with Crippen LogP contribution in [-0.2, 0) is 7.05 Å². The van der Waals surface area contributed by atoms with Crippen molar-refractivity contribution in [1.82, 2.24) is 15.1 Å². The smallest absolute Gasteiger partial charge is 0.406 e. The average molecular weight is 327 g/mol. The Labute approximate surface area is 131 Å². The van der Waals surface area contributed by atoms with Crippen molar-refractivity contribution in [1.29, 1.82) is 0 Å². The number of carbonyl (C=O) groups excluding carboxylic acids is 1. The normalized spacial score (nSPS) is 12.8. The Bertz CT molecular complexity index is 693. The fourth-order valence-corrected chi connectivity index (χ4v) is 2.04. The predicted octanol–water partition coefficient (Wildman–Crippen LogP) is 3.12. The minimum Gasteiger partial charge on any atom is -0.406 e. The van der Waals surface area contributed by atoms with Crippen LogP contribution in [0.25, 0.3) is 0 Å². The molecule has 1 atom stereocenters. The van der Waals surface area contributed by atoms with Gasteiger partial charge in [0.2, 0.25) is 0 Å². The molecule has 0 unspecified atom stereocenters. The maximum atomic E-state index is 12.2. The van der Waals surface area contributed by atoms with Crippen molar-refractivity contribution in [3.8, 4) is 5.75 Å². The summed E-state index contributed by atoms with van der Waals surface area (Å²) in [7, 11) is 1.73. The highest BCUT2D eigenvalue weighted by atomic mass is 19.4. The minimum atomic E-state index is -4.72. The van der Waals surface area contributed by atoms with Crippen molar-refractivity contribution in [3.63, 3.8) is 0 Å². The molecule has 0 spiro atoms. The fraction of sp³-hybridized carbons (Fsp3) is 0.333. The van der Waals surface area contributed by atoms with Gasteiger partial charge in [-0.3, -0.25) is 9.48 Å². The van der Waals surface area contributed by atoms with Gasteiger partial charge in [0.1, 0.15) is 5.75 Å². The van der Waals surface area contributed by atoms with Gasteiger partial charge in [-0.05, 0) is 31.5 Å². The summed E-state index contributed by atoms with van der Waals surface area (Å²) < 4.78 is 41.7. The summed E-state index contributed by atoms with van der Waals surface area (Å²) in [5.41, 5.74) is 1.84. The number of benzene rings is 1. The van der Waals surface area contributed by atoms with E-state index in [2.05, 4.69) is 15.2 Å². The van der Waals surface area contributed by atoms with Gasteiger partial charge in [0, 0.05) is 12.7 Å². The summed E-state index contributed by atoms with van der Waals surface area (Å²) in [6.45, 7) is 3.51. The molecule has 8 heteroatoms. The minimum absolute atomic E-state index is 0.293. The van der Waals surface area contributed by atoms with Crippen molar-refractivity contribution in [2.45, 2.75) is 26.3 Å². The molecule has 1 N–H and O–H groups in total. The standard InChI is InChI=1S/C15H16F3N3O2/c1-9(20-14(22)13-8-19-21(3)10(13)2)11-4-6-12(7-5-11)23-15(16,17)18/h4-9H,1-3H3,(H,20,22)/t9-/m1/s1. The van der Waals surface area contributed by atoms with Gasteiger partial charge in [0.15, 0.2) is 0 Å². The number of halogens is 3. The number of amides is 1. The number of aryl methyl sites for hydroxylation is 1. The number of rotatable bonds is 4. The van der Waals surface area contributed by atoms with Crippen LogP contribution in [0.2, 0.25) is 0 Å². The van der Waals surface area contributed by atoms with Gasteiger partial charge in [-0.15, -0.1) is 13.2 Å². The molecule has 1 aromatic carbocycles. The third kappa shape index (κ3) is 4.24. The lowest BCUT2D eigenvalue weighted by molar-refractivity contribution is -0.274. The summed E-state index contributed by atoms with van der Waals surface area (Å²) in [5, 5.41) is 6.77. The van der Waals surface area contributed by atoms with E-state index in [1.165, 1.54) is 30.5 Å². The molecule has 0 aliphatic rings. The summed E-state index contributed by atoms with van der Waals surface area (Å²) in [6.07, 6.45) is -3.25. The van der Waals surface area contributed by atoms with Gasteiger partial charge in [-0.1, -0.05) is 12.1 Å². The molecule has 0 saturated carbocycles. The number of nitrogens with zero attached hydrogens (tertiary/aromatic N) is 2. The number of ether oxygens (including phenoxy) is 1. The topological polar surface area (TPSA) is 56.1 Å². The number of alkyl halides is 3. The fourth-order valence-electron chi connectivity index (χ4n) is 2.04. The van der Waals surface area contributed by atoms with Gasteiger partial charge in [-0.2, -0.15) is 5.10 Å². The first-order chi connectivity index (χ1) is 10.7. The number of aromatic nitrogens is 2. The summed E-state index contributed by atoms with van der Waals surface area (Å²) in [5.74, 6) is -0.596. The molecule has 23 heavy (non-hydrogen) atoms. The molecule has 124 valence electrons. The van der Waals surface area contributed by atoms with Crippen LogP contribution in [0.4, 0.5) is 13.2 Å². The van der Waals surface area contributed by atoms with Crippen molar-refractivity contribution < 1.29 is 22.7 Å². The van der Waals surface area contributed by atoms with E-state index in [1.54, 1.807) is 25.6 Å². The van der Waals surface area contributed by atoms with E-state index in [9.17, 15) is 18.0 Å². The molecule has 0 radical (unpaired) electrons. The quantitative estimate of drug-likeness (QED) is 0.939. The Balaban J connectivity index is 2.04. The summed E-state index contributed by atoms with van der Waals surface area (Å²) in [6, 6.07) is 4.99. The van der Waals surface area contributed by atoms with Crippen LogP contribution < -0.4 is 10.1 Å². The maximum Gasteiger partial charge on any atom is 0.573 e. The van der Waals surface area contributed by atoms with E-state index in [0.29, 0.717) is 11.1 Å². The molecular formula is C15H16F3N3O2. The largest absolute Gasteiger partial charge is 0.573 e. The molecule has 0 bridgehead atoms. The molecule has 5 nitrogen and oxygen atoms in total. The van der Waals surface area contributed by atoms with E-state index in [4.69, 9.17) is 0 Å². The molecule has 0 aliphatic carbocycles. The van der Waals surface area contributed by atoms with Crippen LogP contribution in [-0.4, -0.2) is 22.1 Å². The van der Waals surface area contributed by atoms with Crippen molar-refractivity contribution in [3.05, 3.63) is 47.3 Å². The second-order valence-corrected chi connectivity index (χ2v) is 5.08. The lowest BCUT2D eigenvalue weighted by Crippen LogP contribution is -2.27. The molecule has 1 aromatic heterocycles. The Morgan fingerprint density at radius 3 is 2.39 bits per heavy atom. The Morgan fingerprint density at radius 1 is 1.30 bits per heavy atom. The zero-order valence-corrected chi connectivity index (χ0v) is 12.8. The summed E-state index contributed by atoms with van der Waals surface area (Å²) >= 11 is 0. The third-order valence-electron chi connectivity index (χ3n) is 3.44. The third-order valence-corrected chi connectivity index (χ3v) is 3.44. The lowest BCUT2D eigenvalue weighted by atomic mass is 10.1. The lowest BCUT2D eigenvalue weighted by Gasteiger charge is -2.15. The highest BCUT2D eigenvalue weighted by Gasteiger charge is 2.31. The molecule has 1 amide bonds. The van der Waals surface area contributed by atoms with E-state index < -0.39 is 6.36 Å². The van der Waals surface area contributed by atoms with Crippen molar-refractivity contribution >= 4 is 5.91 Å². The zero-order chi connectivity index (χ0) is 17.2. The monoisotopic (exact) mass is 327 g/mol. The highest BCUT2D eigenvalue weighted by Crippen LogP contribution is 2.24. The van der Waals surface area contributed by atoms with Crippen LogP contribution >= 0.6 is 0 Å². The van der Waals surface area contributed by atoms with Crippen molar-refractivity contribution in [2.75, 3.05) is 0 Å². The highest BCUT2D eigenvalue weighted by molar-refractivity contribution is 5.95. The Kier molecular flexibility index (Phi) is 4.63. The summed E-state index contributed by atoms with van der Waals surface area (Å²) in [4.78, 5) is 12.2. The van der Waals surface area contributed by atoms with Crippen LogP contribution in [0.1, 0.15) is 34.6 Å². The number of hydrogen-bond donors (Lipinski definition) is 1. The first-order valence-corrected chi connectivity index (χ1v) is 6.82. The van der Waals surface area contributed by atoms with Gasteiger partial charge < -0.3 is 10.1 Å². The first kappa shape index (κ1) is 16.9. The average Bonchev–Trinajstić information content (AvgIpc) is 2.78. The predicted molar refractivity (Wildman–Crippen MR) is 77.0 cm³/mol. The van der Waals surface area contributed by atoms with E-state index in [1.807, 2.05) is 0 Å². The molecule has 0 saturated heterocycles. The van der Waals surface area contributed by atoms with E-state index in [-0.39, 0.29) is 17.7 Å². The molecular weight excluding hydrogens is 311 g/mol. The molecule has 0 fully saturated rings. The van der Waals surface area contributed by atoms with Crippen LogP contribution in [0.3, 0.4) is 0 Å². The Hall–Kier alpha value is -2.51. The second-order valence-electron chi connectivity index (χ2n) is 5.08. The first-order valence-electron chi connectivity index (χ1n) is 6.82. The molecule has 0 aliphatic heterocycles. The van der Waals surface area contributed by atoms with Crippen LogP contribution in [0, 0.1) is 6.92 Å². The van der Waals surface area contributed by atoms with Crippen molar-refractivity contribution in [2.24, 2.45) is 7.05 Å². The maximum absolute atomic E-state index is 12.2. The molecule has 2 aromatic rings. The number of carbonyl (C=O) groups is 1. The zero-order valence-electron chi connectivity index (χ0n) is 12.8. The van der Waals surface area contributed by atoms with Crippen LogP contribution in [0.15, 0.2) is 30.5 Å². The van der Waals surface area contributed by atoms with Gasteiger partial charge in [0.05, 0.1) is 17.8 Å². The number of hydrogen-bond acceptors (Lipinski definition) is 3. The number of nitrogens with one attached hydrogen (secondary N) is 1. The van der Waals surface area contributed by atoms with Gasteiger partial charge >= 0.3 is 6.36 Å². The SMILES string of the molecule is Cc1c(C(=O)N[C@H](C)c2ccc(OC(F)(F)F)cc2)cnn1C. The second kappa shape index (κ2) is 6.31.